The number of carbonyl (C=O) groups excluding carboxylic acids is 1. The quantitative estimate of drug-likeness (QED) is 0.514. The molecule has 0 bridgehead atoms. The lowest BCUT2D eigenvalue weighted by atomic mass is 9.87. The molecule has 0 spiro atoms. The molecule has 0 aliphatic carbocycles. The molecule has 6 nitrogen and oxygen atoms in total. The highest BCUT2D eigenvalue weighted by atomic mass is 32.1. The second-order valence-electron chi connectivity index (χ2n) is 8.85. The highest BCUT2D eigenvalue weighted by Crippen LogP contribution is 2.25. The summed E-state index contributed by atoms with van der Waals surface area (Å²) in [6.45, 7) is 15.8. The van der Waals surface area contributed by atoms with Crippen LogP contribution in [0.2, 0.25) is 0 Å². The zero-order chi connectivity index (χ0) is 21.8. The molecule has 0 saturated heterocycles. The molecule has 0 fully saturated rings. The van der Waals surface area contributed by atoms with Crippen LogP contribution in [-0.4, -0.2) is 39.9 Å². The van der Waals surface area contributed by atoms with Gasteiger partial charge in [-0.3, -0.25) is 9.36 Å². The third-order valence-corrected chi connectivity index (χ3v) is 5.01. The number of allylic oxidation sites excluding steroid dienone is 1. The van der Waals surface area contributed by atoms with Gasteiger partial charge in [-0.2, -0.15) is 4.68 Å². The smallest absolute Gasteiger partial charge is 0.275 e. The Bertz CT molecular complexity index is 903. The minimum absolute atomic E-state index is 0.0209. The third-order valence-electron chi connectivity index (χ3n) is 4.58. The molecule has 1 aromatic carbocycles. The number of hydrogen-bond acceptors (Lipinski definition) is 3. The van der Waals surface area contributed by atoms with Gasteiger partial charge < -0.3 is 10.2 Å². The summed E-state index contributed by atoms with van der Waals surface area (Å²) in [5.74, 6) is 0.835. The van der Waals surface area contributed by atoms with Gasteiger partial charge in [-0.25, -0.2) is 0 Å². The van der Waals surface area contributed by atoms with E-state index >= 15 is 0 Å². The van der Waals surface area contributed by atoms with E-state index in [1.807, 2.05) is 31.5 Å². The molecule has 2 N–H and O–H groups in total. The lowest BCUT2D eigenvalue weighted by molar-refractivity contribution is -0.895. The van der Waals surface area contributed by atoms with Gasteiger partial charge in [0.15, 0.2) is 19.0 Å². The first-order valence-corrected chi connectivity index (χ1v) is 10.4. The van der Waals surface area contributed by atoms with E-state index < -0.39 is 0 Å². The maximum Gasteiger partial charge on any atom is 0.275 e. The maximum absolute atomic E-state index is 12.0. The number of benzene rings is 1. The first-order valence-electron chi connectivity index (χ1n) is 10.0. The summed E-state index contributed by atoms with van der Waals surface area (Å²) in [6.07, 6.45) is 1.82. The molecule has 0 radical (unpaired) electrons. The molecule has 1 heterocycles. The van der Waals surface area contributed by atoms with E-state index in [0.717, 1.165) is 16.3 Å². The van der Waals surface area contributed by atoms with Crippen molar-refractivity contribution in [1.82, 2.24) is 19.7 Å². The topological polar surface area (TPSA) is 56.3 Å². The van der Waals surface area contributed by atoms with Crippen molar-refractivity contribution >= 4 is 18.1 Å². The van der Waals surface area contributed by atoms with Crippen LogP contribution in [0.1, 0.15) is 40.2 Å². The van der Waals surface area contributed by atoms with E-state index in [-0.39, 0.29) is 17.4 Å². The van der Waals surface area contributed by atoms with E-state index in [4.69, 9.17) is 17.3 Å². The van der Waals surface area contributed by atoms with E-state index in [9.17, 15) is 4.79 Å². The number of nitrogens with zero attached hydrogens (tertiary/aromatic N) is 3. The van der Waals surface area contributed by atoms with Crippen LogP contribution in [-0.2, 0) is 23.4 Å². The van der Waals surface area contributed by atoms with Gasteiger partial charge in [-0.1, -0.05) is 51.1 Å². The first-order chi connectivity index (χ1) is 13.5. The van der Waals surface area contributed by atoms with Gasteiger partial charge in [-0.15, -0.1) is 11.7 Å². The van der Waals surface area contributed by atoms with Crippen molar-refractivity contribution in [2.45, 2.75) is 59.3 Å². The molecule has 2 aromatic rings. The number of amides is 1. The lowest BCUT2D eigenvalue weighted by Crippen LogP contribution is -3.09. The van der Waals surface area contributed by atoms with Crippen LogP contribution in [0.4, 0.5) is 0 Å². The Morgan fingerprint density at radius 1 is 1.31 bits per heavy atom. The lowest BCUT2D eigenvalue weighted by Gasteiger charge is -2.19. The number of likely N-dealkylation sites (N-methyl/N-ethyl adjacent to an activating group) is 1. The Balaban J connectivity index is 2.29. The molecule has 7 heteroatoms. The minimum Gasteiger partial charge on any atom is -0.349 e. The Kier molecular flexibility index (Phi) is 7.54. The summed E-state index contributed by atoms with van der Waals surface area (Å²) in [6, 6.07) is 8.60. The predicted octanol–water partition coefficient (Wildman–Crippen LogP) is 2.56. The van der Waals surface area contributed by atoms with Crippen LogP contribution in [0.15, 0.2) is 36.9 Å². The molecule has 0 saturated carbocycles. The molecule has 1 atom stereocenters. The number of quaternary nitrogens is 1. The van der Waals surface area contributed by atoms with Crippen LogP contribution in [0.3, 0.4) is 0 Å². The van der Waals surface area contributed by atoms with Crippen LogP contribution < -0.4 is 10.2 Å². The second-order valence-corrected chi connectivity index (χ2v) is 9.21. The van der Waals surface area contributed by atoms with E-state index in [1.165, 1.54) is 5.56 Å². The average molecular weight is 417 g/mol. The van der Waals surface area contributed by atoms with Gasteiger partial charge in [0, 0.05) is 18.2 Å². The fourth-order valence-corrected chi connectivity index (χ4v) is 3.40. The molecule has 29 heavy (non-hydrogen) atoms. The Morgan fingerprint density at radius 2 is 1.93 bits per heavy atom. The summed E-state index contributed by atoms with van der Waals surface area (Å²) < 4.78 is 4.41. The van der Waals surface area contributed by atoms with Gasteiger partial charge in [0.25, 0.3) is 5.91 Å². The fourth-order valence-electron chi connectivity index (χ4n) is 3.13. The number of carbonyl (C=O) groups is 1. The van der Waals surface area contributed by atoms with Crippen LogP contribution in [0, 0.1) is 4.77 Å². The maximum atomic E-state index is 12.0. The monoisotopic (exact) mass is 416 g/mol. The molecule has 0 aliphatic heterocycles. The van der Waals surface area contributed by atoms with Crippen LogP contribution in [0.5, 0.6) is 0 Å². The Labute approximate surface area is 179 Å². The zero-order valence-electron chi connectivity index (χ0n) is 18.5. The third kappa shape index (κ3) is 6.11. The van der Waals surface area contributed by atoms with Gasteiger partial charge in [-0.05, 0) is 37.0 Å². The Morgan fingerprint density at radius 3 is 2.45 bits per heavy atom. The summed E-state index contributed by atoms with van der Waals surface area (Å²) in [7, 11) is 1.96. The van der Waals surface area contributed by atoms with E-state index in [0.29, 0.717) is 24.5 Å². The van der Waals surface area contributed by atoms with Crippen LogP contribution in [0.25, 0.3) is 11.4 Å². The predicted molar refractivity (Wildman–Crippen MR) is 120 cm³/mol. The standard InChI is InChI=1S/C22H33N5OS/c1-8-13-26-20(17-9-11-18(12-10-17)22(4,5)6)24-27(21(26)29)15-25(7)14-19(28)23-16(2)3/h8-12,16H,1,13-15H2,2-7H3,(H,23,28)/p+1. The summed E-state index contributed by atoms with van der Waals surface area (Å²) in [5, 5.41) is 7.69. The highest BCUT2D eigenvalue weighted by molar-refractivity contribution is 7.71. The second kappa shape index (κ2) is 9.50. The molecule has 0 aliphatic rings. The average Bonchev–Trinajstić information content (AvgIpc) is 2.90. The van der Waals surface area contributed by atoms with Crippen molar-refractivity contribution in [3.05, 3.63) is 47.3 Å². The summed E-state index contributed by atoms with van der Waals surface area (Å²) in [5.41, 5.74) is 2.38. The van der Waals surface area contributed by atoms with E-state index in [2.05, 4.69) is 56.9 Å². The van der Waals surface area contributed by atoms with Crippen molar-refractivity contribution in [3.8, 4) is 11.4 Å². The molecule has 1 aromatic heterocycles. The zero-order valence-corrected chi connectivity index (χ0v) is 19.3. The Hall–Kier alpha value is -2.25. The molecule has 158 valence electrons. The first kappa shape index (κ1) is 23.0. The SMILES string of the molecule is C=CCn1c(-c2ccc(C(C)(C)C)cc2)nn(C[NH+](C)CC(=O)NC(C)C)c1=S. The number of hydrogen-bond donors (Lipinski definition) is 2. The minimum atomic E-state index is 0.0209. The van der Waals surface area contributed by atoms with Crippen LogP contribution >= 0.6 is 12.2 Å². The molecule has 1 amide bonds. The number of nitrogens with one attached hydrogen (secondary N) is 2. The van der Waals surface area contributed by atoms with Crippen molar-refractivity contribution in [2.24, 2.45) is 0 Å². The highest BCUT2D eigenvalue weighted by Gasteiger charge is 2.18. The normalized spacial score (nSPS) is 12.8. The van der Waals surface area contributed by atoms with Gasteiger partial charge in [0.05, 0.1) is 7.05 Å². The fraction of sp³-hybridized carbons (Fsp3) is 0.500. The summed E-state index contributed by atoms with van der Waals surface area (Å²) in [4.78, 5) is 13.1. The van der Waals surface area contributed by atoms with Gasteiger partial charge >= 0.3 is 0 Å². The summed E-state index contributed by atoms with van der Waals surface area (Å²) >= 11 is 5.67. The van der Waals surface area contributed by atoms with Crippen molar-refractivity contribution in [2.75, 3.05) is 13.6 Å². The van der Waals surface area contributed by atoms with E-state index in [1.54, 1.807) is 4.68 Å². The number of aromatic nitrogens is 3. The van der Waals surface area contributed by atoms with Gasteiger partial charge in [0.2, 0.25) is 4.77 Å². The van der Waals surface area contributed by atoms with Crippen molar-refractivity contribution < 1.29 is 9.69 Å². The molecular formula is C22H34N5OS+. The largest absolute Gasteiger partial charge is 0.349 e. The molecular weight excluding hydrogens is 382 g/mol. The van der Waals surface area contributed by atoms with Crippen molar-refractivity contribution in [3.63, 3.8) is 0 Å². The molecule has 1 unspecified atom stereocenters. The number of rotatable bonds is 8. The van der Waals surface area contributed by atoms with Crippen molar-refractivity contribution in [1.29, 1.82) is 0 Å². The van der Waals surface area contributed by atoms with Gasteiger partial charge in [0.1, 0.15) is 0 Å². The molecule has 2 rings (SSSR count).